The Balaban J connectivity index is 3.59. The Morgan fingerprint density at radius 1 is 0.400 bits per heavy atom. The number of nitrogens with one attached hydrogen (secondary N) is 1. The van der Waals surface area contributed by atoms with Gasteiger partial charge in [0.05, 0.1) is 18.8 Å². The van der Waals surface area contributed by atoms with Crippen LogP contribution in [0.1, 0.15) is 296 Å². The summed E-state index contributed by atoms with van der Waals surface area (Å²) in [5.74, 6) is -0.503. The molecule has 0 aliphatic heterocycles. The number of rotatable bonds is 50. The van der Waals surface area contributed by atoms with E-state index in [1.54, 1.807) is 6.08 Å². The molecule has 1 amide bonds. The third-order valence-electron chi connectivity index (χ3n) is 12.8. The summed E-state index contributed by atoms with van der Waals surface area (Å²) >= 11 is 0. The molecule has 0 aromatic rings. The van der Waals surface area contributed by atoms with Gasteiger partial charge in [-0.05, 0) is 44.9 Å². The van der Waals surface area contributed by atoms with Gasteiger partial charge in [0.25, 0.3) is 0 Å². The molecule has 0 radical (unpaired) electrons. The van der Waals surface area contributed by atoms with Crippen LogP contribution in [0.4, 0.5) is 0 Å². The topological polar surface area (TPSA) is 89.8 Å². The number of carbonyl (C=O) groups is 1. The van der Waals surface area contributed by atoms with Gasteiger partial charge in [0.1, 0.15) is 6.10 Å². The summed E-state index contributed by atoms with van der Waals surface area (Å²) in [7, 11) is 0. The average Bonchev–Trinajstić information content (AvgIpc) is 3.25. The maximum atomic E-state index is 12.5. The fraction of sp³-hybridized carbons (Fsp3) is 0.909. The first-order valence-corrected chi connectivity index (χ1v) is 27.2. The fourth-order valence-electron chi connectivity index (χ4n) is 8.54. The summed E-state index contributed by atoms with van der Waals surface area (Å²) in [6.07, 6.45) is 63.9. The maximum Gasteiger partial charge on any atom is 0.249 e. The Morgan fingerprint density at radius 2 is 0.667 bits per heavy atom. The van der Waals surface area contributed by atoms with Gasteiger partial charge in [0.15, 0.2) is 0 Å². The van der Waals surface area contributed by atoms with Gasteiger partial charge in [-0.2, -0.15) is 0 Å². The van der Waals surface area contributed by atoms with E-state index in [0.717, 1.165) is 32.1 Å². The number of aliphatic hydroxyl groups is 3. The third-order valence-corrected chi connectivity index (χ3v) is 12.8. The van der Waals surface area contributed by atoms with E-state index in [4.69, 9.17) is 0 Å². The summed E-state index contributed by atoms with van der Waals surface area (Å²) in [5.41, 5.74) is 0. The van der Waals surface area contributed by atoms with E-state index in [-0.39, 0.29) is 6.61 Å². The van der Waals surface area contributed by atoms with Gasteiger partial charge in [0.2, 0.25) is 5.91 Å². The lowest BCUT2D eigenvalue weighted by Crippen LogP contribution is -2.48. The van der Waals surface area contributed by atoms with E-state index in [1.165, 1.54) is 244 Å². The van der Waals surface area contributed by atoms with Gasteiger partial charge in [-0.3, -0.25) is 4.79 Å². The zero-order chi connectivity index (χ0) is 43.7. The van der Waals surface area contributed by atoms with E-state index in [2.05, 4.69) is 31.3 Å². The zero-order valence-corrected chi connectivity index (χ0v) is 40.6. The normalized spacial score (nSPS) is 13.5. The molecule has 0 saturated carbocycles. The van der Waals surface area contributed by atoms with Gasteiger partial charge in [-0.1, -0.05) is 276 Å². The van der Waals surface area contributed by atoms with Crippen molar-refractivity contribution in [2.45, 2.75) is 315 Å². The van der Waals surface area contributed by atoms with Gasteiger partial charge < -0.3 is 20.6 Å². The molecule has 0 spiro atoms. The highest BCUT2D eigenvalue weighted by Gasteiger charge is 2.22. The molecule has 3 unspecified atom stereocenters. The molecule has 0 saturated heterocycles. The van der Waals surface area contributed by atoms with Crippen molar-refractivity contribution in [3.8, 4) is 0 Å². The summed E-state index contributed by atoms with van der Waals surface area (Å²) < 4.78 is 0. The molecule has 0 aromatic heterocycles. The van der Waals surface area contributed by atoms with Crippen molar-refractivity contribution in [2.24, 2.45) is 0 Å². The second-order valence-corrected chi connectivity index (χ2v) is 18.8. The fourth-order valence-corrected chi connectivity index (χ4v) is 8.54. The van der Waals surface area contributed by atoms with Gasteiger partial charge in [0, 0.05) is 0 Å². The first-order chi connectivity index (χ1) is 29.6. The van der Waals surface area contributed by atoms with Crippen LogP contribution in [0.5, 0.6) is 0 Å². The van der Waals surface area contributed by atoms with Crippen molar-refractivity contribution in [2.75, 3.05) is 6.61 Å². The van der Waals surface area contributed by atoms with Crippen LogP contribution >= 0.6 is 0 Å². The van der Waals surface area contributed by atoms with Crippen LogP contribution in [-0.4, -0.2) is 46.1 Å². The highest BCUT2D eigenvalue weighted by atomic mass is 16.3. The molecule has 0 heterocycles. The molecule has 0 rings (SSSR count). The lowest BCUT2D eigenvalue weighted by atomic mass is 10.0. The summed E-state index contributed by atoms with van der Waals surface area (Å²) in [6.45, 7) is 4.22. The van der Waals surface area contributed by atoms with Gasteiger partial charge in [-0.25, -0.2) is 0 Å². The Morgan fingerprint density at radius 3 is 0.967 bits per heavy atom. The minimum absolute atomic E-state index is 0.363. The standard InChI is InChI=1S/C55H107NO4/c1-3-5-7-9-11-13-15-17-19-21-23-25-27-28-30-31-33-35-37-39-41-43-45-47-49-53(58)52(51-57)56-55(60)54(59)50-48-46-44-42-40-38-36-34-32-29-26-24-22-20-18-16-14-12-10-8-6-4-2/h32,34,47,49,52-54,57-59H,3-31,33,35-46,48,50-51H2,1-2H3,(H,56,60)/b34-32-,49-47+. The lowest BCUT2D eigenvalue weighted by molar-refractivity contribution is -0.131. The Kier molecular flexibility index (Phi) is 49.5. The zero-order valence-electron chi connectivity index (χ0n) is 40.6. The van der Waals surface area contributed by atoms with Crippen LogP contribution in [0.15, 0.2) is 24.3 Å². The summed E-state index contributed by atoms with van der Waals surface area (Å²) in [6, 6.07) is -0.800. The molecular formula is C55H107NO4. The molecule has 356 valence electrons. The average molecular weight is 846 g/mol. The molecule has 5 nitrogen and oxygen atoms in total. The molecule has 5 heteroatoms. The molecule has 0 aliphatic rings. The monoisotopic (exact) mass is 846 g/mol. The van der Waals surface area contributed by atoms with Crippen molar-refractivity contribution in [3.63, 3.8) is 0 Å². The second-order valence-electron chi connectivity index (χ2n) is 18.8. The van der Waals surface area contributed by atoms with E-state index in [0.29, 0.717) is 6.42 Å². The molecular weight excluding hydrogens is 739 g/mol. The van der Waals surface area contributed by atoms with Crippen molar-refractivity contribution in [3.05, 3.63) is 24.3 Å². The second kappa shape index (κ2) is 50.5. The molecule has 60 heavy (non-hydrogen) atoms. The predicted octanol–water partition coefficient (Wildman–Crippen LogP) is 16.5. The highest BCUT2D eigenvalue weighted by molar-refractivity contribution is 5.80. The lowest BCUT2D eigenvalue weighted by Gasteiger charge is -2.21. The molecule has 0 aromatic carbocycles. The minimum atomic E-state index is -1.10. The van der Waals surface area contributed by atoms with Crippen LogP contribution in [-0.2, 0) is 4.79 Å². The SMILES string of the molecule is CCCCCCCCCCCCCC/C=C\CCCCCCCCC(O)C(=O)NC(CO)C(O)/C=C/CCCCCCCCCCCCCCCCCCCCCCCC. The Bertz CT molecular complexity index is 890. The first-order valence-electron chi connectivity index (χ1n) is 27.2. The summed E-state index contributed by atoms with van der Waals surface area (Å²) in [4.78, 5) is 12.5. The smallest absolute Gasteiger partial charge is 0.249 e. The van der Waals surface area contributed by atoms with Crippen LogP contribution in [0.3, 0.4) is 0 Å². The van der Waals surface area contributed by atoms with E-state index >= 15 is 0 Å². The molecule has 0 fully saturated rings. The summed E-state index contributed by atoms with van der Waals surface area (Å²) in [5, 5.41) is 33.3. The number of aliphatic hydroxyl groups excluding tert-OH is 3. The van der Waals surface area contributed by atoms with Crippen molar-refractivity contribution in [1.29, 1.82) is 0 Å². The first kappa shape index (κ1) is 58.8. The van der Waals surface area contributed by atoms with Gasteiger partial charge >= 0.3 is 0 Å². The Labute approximate surface area is 375 Å². The quantitative estimate of drug-likeness (QED) is 0.0363. The third kappa shape index (κ3) is 44.9. The molecule has 0 bridgehead atoms. The maximum absolute atomic E-state index is 12.5. The van der Waals surface area contributed by atoms with Gasteiger partial charge in [-0.15, -0.1) is 0 Å². The number of allylic oxidation sites excluding steroid dienone is 3. The number of carbonyl (C=O) groups excluding carboxylic acids is 1. The van der Waals surface area contributed by atoms with Crippen LogP contribution < -0.4 is 5.32 Å². The minimum Gasteiger partial charge on any atom is -0.394 e. The highest BCUT2D eigenvalue weighted by Crippen LogP contribution is 2.17. The van der Waals surface area contributed by atoms with E-state index < -0.39 is 24.2 Å². The Hall–Kier alpha value is -1.17. The molecule has 3 atom stereocenters. The van der Waals surface area contributed by atoms with E-state index in [9.17, 15) is 20.1 Å². The number of unbranched alkanes of at least 4 members (excludes halogenated alkanes) is 40. The number of hydrogen-bond acceptors (Lipinski definition) is 4. The van der Waals surface area contributed by atoms with Crippen molar-refractivity contribution < 1.29 is 20.1 Å². The largest absolute Gasteiger partial charge is 0.394 e. The number of amides is 1. The predicted molar refractivity (Wildman–Crippen MR) is 264 cm³/mol. The van der Waals surface area contributed by atoms with Crippen LogP contribution in [0, 0.1) is 0 Å². The van der Waals surface area contributed by atoms with Crippen molar-refractivity contribution >= 4 is 5.91 Å². The van der Waals surface area contributed by atoms with Crippen molar-refractivity contribution in [1.82, 2.24) is 5.32 Å². The van der Waals surface area contributed by atoms with E-state index in [1.807, 2.05) is 6.08 Å². The number of hydrogen-bond donors (Lipinski definition) is 4. The van der Waals surface area contributed by atoms with Crippen LogP contribution in [0.25, 0.3) is 0 Å². The molecule has 0 aliphatic carbocycles. The molecule has 4 N–H and O–H groups in total. The van der Waals surface area contributed by atoms with Crippen LogP contribution in [0.2, 0.25) is 0 Å².